The van der Waals surface area contributed by atoms with Crippen LogP contribution in [0.5, 0.6) is 0 Å². The van der Waals surface area contributed by atoms with Gasteiger partial charge in [-0.3, -0.25) is 4.79 Å². The van der Waals surface area contributed by atoms with Gasteiger partial charge in [-0.1, -0.05) is 6.08 Å². The summed E-state index contributed by atoms with van der Waals surface area (Å²) in [6.07, 6.45) is 3.97. The highest BCUT2D eigenvalue weighted by molar-refractivity contribution is 5.92. The molecule has 6 heteroatoms. The molecule has 5 nitrogen and oxygen atoms in total. The molecule has 5 rings (SSSR count). The normalized spacial score (nSPS) is 15.1. The number of ether oxygens (including phenoxy) is 2. The van der Waals surface area contributed by atoms with Crippen molar-refractivity contribution in [1.29, 1.82) is 0 Å². The third kappa shape index (κ3) is 2.82. The fourth-order valence-electron chi connectivity index (χ4n) is 5.22. The van der Waals surface area contributed by atoms with Gasteiger partial charge in [0.2, 0.25) is 0 Å². The minimum absolute atomic E-state index is 0.106. The Morgan fingerprint density at radius 2 is 2.03 bits per heavy atom. The molecule has 0 amide bonds. The van der Waals surface area contributed by atoms with E-state index in [0.717, 1.165) is 52.7 Å². The standard InChI is InChI=1S/C25H25FN2O3/c1-5-22(31-4)16-9-21-24-17(11-28(21)25(29)18(16)12-30-3)15-8-6-7-14-13(2)19(26)10-20(27-24)23(14)15/h5,9-10,22H,1,6-8,11-12H2,2-4H3. The summed E-state index contributed by atoms with van der Waals surface area (Å²) in [4.78, 5) is 18.3. The molecule has 0 fully saturated rings. The van der Waals surface area contributed by atoms with Crippen LogP contribution in [-0.2, 0) is 35.5 Å². The average Bonchev–Trinajstić information content (AvgIpc) is 3.14. The summed E-state index contributed by atoms with van der Waals surface area (Å²) in [7, 11) is 3.16. The predicted octanol–water partition coefficient (Wildman–Crippen LogP) is 4.38. The molecular formula is C25H25FN2O3. The number of hydrogen-bond acceptors (Lipinski definition) is 4. The highest BCUT2D eigenvalue weighted by Gasteiger charge is 2.31. The molecule has 2 aromatic heterocycles. The molecule has 1 aromatic carbocycles. The van der Waals surface area contributed by atoms with E-state index in [1.807, 2.05) is 13.0 Å². The van der Waals surface area contributed by atoms with Gasteiger partial charge < -0.3 is 14.0 Å². The van der Waals surface area contributed by atoms with Gasteiger partial charge >= 0.3 is 0 Å². The first-order valence-electron chi connectivity index (χ1n) is 10.5. The molecule has 0 N–H and O–H groups in total. The van der Waals surface area contributed by atoms with Crippen molar-refractivity contribution in [3.8, 4) is 11.4 Å². The zero-order chi connectivity index (χ0) is 21.9. The molecular weight excluding hydrogens is 395 g/mol. The third-order valence-electron chi connectivity index (χ3n) is 6.73. The third-order valence-corrected chi connectivity index (χ3v) is 6.73. The van der Waals surface area contributed by atoms with Crippen LogP contribution in [0, 0.1) is 12.7 Å². The lowest BCUT2D eigenvalue weighted by atomic mass is 9.85. The average molecular weight is 420 g/mol. The molecule has 31 heavy (non-hydrogen) atoms. The summed E-state index contributed by atoms with van der Waals surface area (Å²) in [6.45, 7) is 6.35. The summed E-state index contributed by atoms with van der Waals surface area (Å²) in [5.74, 6) is -0.222. The Bertz CT molecular complexity index is 1310. The number of rotatable bonds is 5. The Kier molecular flexibility index (Phi) is 4.79. The lowest BCUT2D eigenvalue weighted by molar-refractivity contribution is 0.136. The van der Waals surface area contributed by atoms with Crippen LogP contribution in [0.25, 0.3) is 22.3 Å². The fraction of sp³-hybridized carbons (Fsp3) is 0.360. The van der Waals surface area contributed by atoms with Gasteiger partial charge in [0, 0.05) is 36.8 Å². The van der Waals surface area contributed by atoms with Crippen molar-refractivity contribution in [2.45, 2.75) is 45.4 Å². The molecule has 2 aliphatic rings. The Hall–Kier alpha value is -2.83. The monoisotopic (exact) mass is 420 g/mol. The smallest absolute Gasteiger partial charge is 0.257 e. The second kappa shape index (κ2) is 7.39. The number of benzene rings is 1. The minimum Gasteiger partial charge on any atom is -0.380 e. The van der Waals surface area contributed by atoms with Crippen LogP contribution >= 0.6 is 0 Å². The van der Waals surface area contributed by atoms with Gasteiger partial charge in [0.15, 0.2) is 0 Å². The largest absolute Gasteiger partial charge is 0.380 e. The molecule has 0 spiro atoms. The molecule has 0 radical (unpaired) electrons. The van der Waals surface area contributed by atoms with Gasteiger partial charge in [0.1, 0.15) is 11.9 Å². The number of methoxy groups -OCH3 is 2. The van der Waals surface area contributed by atoms with Crippen molar-refractivity contribution in [2.75, 3.05) is 14.2 Å². The Morgan fingerprint density at radius 3 is 2.74 bits per heavy atom. The van der Waals surface area contributed by atoms with Gasteiger partial charge in [-0.25, -0.2) is 9.37 Å². The van der Waals surface area contributed by atoms with Crippen molar-refractivity contribution < 1.29 is 13.9 Å². The van der Waals surface area contributed by atoms with E-state index in [4.69, 9.17) is 14.5 Å². The van der Waals surface area contributed by atoms with Crippen molar-refractivity contribution in [1.82, 2.24) is 9.55 Å². The van der Waals surface area contributed by atoms with E-state index in [1.165, 1.54) is 11.6 Å². The van der Waals surface area contributed by atoms with Crippen LogP contribution in [0.1, 0.15) is 45.9 Å². The zero-order valence-corrected chi connectivity index (χ0v) is 18.0. The minimum atomic E-state index is -0.432. The first-order valence-corrected chi connectivity index (χ1v) is 10.5. The van der Waals surface area contributed by atoms with E-state index in [-0.39, 0.29) is 18.0 Å². The van der Waals surface area contributed by atoms with E-state index < -0.39 is 6.10 Å². The summed E-state index contributed by atoms with van der Waals surface area (Å²) in [5, 5.41) is 1.07. The first kappa shape index (κ1) is 20.1. The van der Waals surface area contributed by atoms with Gasteiger partial charge in [-0.15, -0.1) is 6.58 Å². The molecule has 3 aromatic rings. The number of aryl methyl sites for hydroxylation is 2. The van der Waals surface area contributed by atoms with E-state index >= 15 is 0 Å². The van der Waals surface area contributed by atoms with Crippen LogP contribution < -0.4 is 5.56 Å². The molecule has 0 bridgehead atoms. The second-order valence-corrected chi connectivity index (χ2v) is 8.31. The predicted molar refractivity (Wildman–Crippen MR) is 118 cm³/mol. The quantitative estimate of drug-likeness (QED) is 0.450. The van der Waals surface area contributed by atoms with Gasteiger partial charge in [-0.2, -0.15) is 0 Å². The molecule has 160 valence electrons. The molecule has 0 saturated heterocycles. The maximum atomic E-state index is 14.6. The van der Waals surface area contributed by atoms with Gasteiger partial charge in [0.05, 0.1) is 30.1 Å². The number of fused-ring (bicyclic) bond motifs is 4. The molecule has 0 saturated carbocycles. The highest BCUT2D eigenvalue weighted by atomic mass is 19.1. The summed E-state index contributed by atoms with van der Waals surface area (Å²) < 4.78 is 27.3. The van der Waals surface area contributed by atoms with Crippen molar-refractivity contribution in [2.24, 2.45) is 0 Å². The first-order chi connectivity index (χ1) is 15.0. The van der Waals surface area contributed by atoms with E-state index in [2.05, 4.69) is 6.58 Å². The SMILES string of the molecule is C=CC(OC)c1cc2n(c(=O)c1COC)Cc1c-2nc2cc(F)c(C)c3c2c1CCC3. The van der Waals surface area contributed by atoms with Gasteiger partial charge in [-0.05, 0) is 54.5 Å². The number of nitrogens with zero attached hydrogens (tertiary/aromatic N) is 2. The van der Waals surface area contributed by atoms with E-state index in [9.17, 15) is 9.18 Å². The Labute approximate surface area is 180 Å². The van der Waals surface area contributed by atoms with Crippen LogP contribution in [-0.4, -0.2) is 23.8 Å². The molecule has 1 unspecified atom stereocenters. The fourth-order valence-corrected chi connectivity index (χ4v) is 5.22. The van der Waals surface area contributed by atoms with Crippen LogP contribution in [0.15, 0.2) is 29.6 Å². The van der Waals surface area contributed by atoms with Crippen molar-refractivity contribution in [3.05, 3.63) is 74.3 Å². The highest BCUT2D eigenvalue weighted by Crippen LogP contribution is 2.41. The Balaban J connectivity index is 1.83. The van der Waals surface area contributed by atoms with E-state index in [1.54, 1.807) is 24.9 Å². The van der Waals surface area contributed by atoms with Crippen LogP contribution in [0.4, 0.5) is 4.39 Å². The summed E-state index contributed by atoms with van der Waals surface area (Å²) in [5.41, 5.74) is 7.40. The molecule has 3 heterocycles. The second-order valence-electron chi connectivity index (χ2n) is 8.31. The summed E-state index contributed by atoms with van der Waals surface area (Å²) >= 11 is 0. The maximum Gasteiger partial charge on any atom is 0.257 e. The molecule has 1 aliphatic carbocycles. The number of hydrogen-bond donors (Lipinski definition) is 0. The lowest BCUT2D eigenvalue weighted by Crippen LogP contribution is -2.26. The van der Waals surface area contributed by atoms with Crippen LogP contribution in [0.3, 0.4) is 0 Å². The summed E-state index contributed by atoms with van der Waals surface area (Å²) in [6, 6.07) is 3.49. The van der Waals surface area contributed by atoms with Crippen LogP contribution in [0.2, 0.25) is 0 Å². The van der Waals surface area contributed by atoms with Crippen molar-refractivity contribution >= 4 is 10.9 Å². The number of halogens is 1. The lowest BCUT2D eigenvalue weighted by Gasteiger charge is -2.22. The zero-order valence-electron chi connectivity index (χ0n) is 18.0. The molecule has 1 aliphatic heterocycles. The molecule has 1 atom stereocenters. The van der Waals surface area contributed by atoms with Crippen molar-refractivity contribution in [3.63, 3.8) is 0 Å². The number of aromatic nitrogens is 2. The maximum absolute atomic E-state index is 14.6. The van der Waals surface area contributed by atoms with Gasteiger partial charge in [0.25, 0.3) is 5.56 Å². The number of pyridine rings is 2. The van der Waals surface area contributed by atoms with E-state index in [0.29, 0.717) is 23.2 Å². The topological polar surface area (TPSA) is 53.4 Å². The Morgan fingerprint density at radius 1 is 1.26 bits per heavy atom.